The molecule has 3 nitrogen and oxygen atoms in total. The third-order valence-corrected chi connectivity index (χ3v) is 6.67. The molecule has 19 heavy (non-hydrogen) atoms. The Kier molecular flexibility index (Phi) is 12.1. The summed E-state index contributed by atoms with van der Waals surface area (Å²) < 4.78 is 16.2. The van der Waals surface area contributed by atoms with Gasteiger partial charge in [0.1, 0.15) is 0 Å². The standard InChI is InChI=1S/C14H30O3SSi/c1-5-6-7-8-9-11-14(18)12-10-13-19(15-2,16-3)17-4/h5-13H2,1-4H3. The Bertz CT molecular complexity index is 224. The lowest BCUT2D eigenvalue weighted by atomic mass is 10.1. The number of hydrogen-bond acceptors (Lipinski definition) is 4. The average molecular weight is 307 g/mol. The zero-order chi connectivity index (χ0) is 14.6. The molecule has 5 heteroatoms. The molecule has 0 radical (unpaired) electrons. The molecule has 0 saturated heterocycles. The second-order valence-corrected chi connectivity index (χ2v) is 8.52. The highest BCUT2D eigenvalue weighted by molar-refractivity contribution is 7.80. The van der Waals surface area contributed by atoms with E-state index in [-0.39, 0.29) is 0 Å². The lowest BCUT2D eigenvalue weighted by molar-refractivity contribution is 0.123. The topological polar surface area (TPSA) is 27.7 Å². The van der Waals surface area contributed by atoms with Crippen LogP contribution >= 0.6 is 12.2 Å². The van der Waals surface area contributed by atoms with E-state index in [9.17, 15) is 0 Å². The van der Waals surface area contributed by atoms with Gasteiger partial charge in [0.2, 0.25) is 0 Å². The molecule has 0 aliphatic carbocycles. The van der Waals surface area contributed by atoms with Gasteiger partial charge in [0.05, 0.1) is 0 Å². The SMILES string of the molecule is CCCCCCCC(=S)CCC[Si](OC)(OC)OC. The van der Waals surface area contributed by atoms with Crippen molar-refractivity contribution in [2.24, 2.45) is 0 Å². The number of thiocarbonyl (C=S) groups is 1. The van der Waals surface area contributed by atoms with E-state index in [1.165, 1.54) is 37.0 Å². The van der Waals surface area contributed by atoms with Gasteiger partial charge in [-0.2, -0.15) is 0 Å². The van der Waals surface area contributed by atoms with Crippen LogP contribution in [0.4, 0.5) is 0 Å². The van der Waals surface area contributed by atoms with E-state index in [2.05, 4.69) is 6.92 Å². The molecule has 0 rings (SSSR count). The highest BCUT2D eigenvalue weighted by Crippen LogP contribution is 2.18. The summed E-state index contributed by atoms with van der Waals surface area (Å²) in [6.45, 7) is 2.24. The van der Waals surface area contributed by atoms with Crippen LogP contribution in [0, 0.1) is 0 Å². The molecule has 0 spiro atoms. The molecule has 0 fully saturated rings. The Morgan fingerprint density at radius 2 is 1.37 bits per heavy atom. The Morgan fingerprint density at radius 3 is 1.89 bits per heavy atom. The smallest absolute Gasteiger partial charge is 0.377 e. The first-order chi connectivity index (χ1) is 9.14. The van der Waals surface area contributed by atoms with Crippen molar-refractivity contribution >= 4 is 25.9 Å². The fourth-order valence-electron chi connectivity index (χ4n) is 2.11. The molecule has 0 heterocycles. The molecule has 0 bridgehead atoms. The summed E-state index contributed by atoms with van der Waals surface area (Å²) in [5.74, 6) is 0. The molecule has 0 aliphatic heterocycles. The zero-order valence-electron chi connectivity index (χ0n) is 13.0. The summed E-state index contributed by atoms with van der Waals surface area (Å²) in [5.41, 5.74) is 0. The lowest BCUT2D eigenvalue weighted by Crippen LogP contribution is -2.42. The fraction of sp³-hybridized carbons (Fsp3) is 0.929. The monoisotopic (exact) mass is 306 g/mol. The Balaban J connectivity index is 3.67. The molecule has 114 valence electrons. The van der Waals surface area contributed by atoms with Crippen molar-refractivity contribution in [1.82, 2.24) is 0 Å². The zero-order valence-corrected chi connectivity index (χ0v) is 14.8. The Morgan fingerprint density at radius 1 is 0.842 bits per heavy atom. The minimum Gasteiger partial charge on any atom is -0.377 e. The summed E-state index contributed by atoms with van der Waals surface area (Å²) in [6.07, 6.45) is 9.58. The van der Waals surface area contributed by atoms with Crippen LogP contribution in [0.2, 0.25) is 6.04 Å². The van der Waals surface area contributed by atoms with Crippen molar-refractivity contribution in [3.8, 4) is 0 Å². The fourth-order valence-corrected chi connectivity index (χ4v) is 4.12. The predicted molar refractivity (Wildman–Crippen MR) is 86.8 cm³/mol. The van der Waals surface area contributed by atoms with E-state index >= 15 is 0 Å². The quantitative estimate of drug-likeness (QED) is 0.287. The van der Waals surface area contributed by atoms with E-state index in [0.717, 1.165) is 25.3 Å². The van der Waals surface area contributed by atoms with Gasteiger partial charge in [0.25, 0.3) is 0 Å². The highest BCUT2D eigenvalue weighted by atomic mass is 32.1. The van der Waals surface area contributed by atoms with E-state index in [1.54, 1.807) is 21.3 Å². The first-order valence-corrected chi connectivity index (χ1v) is 9.65. The van der Waals surface area contributed by atoms with Crippen LogP contribution in [-0.4, -0.2) is 35.0 Å². The first kappa shape index (κ1) is 19.2. The maximum Gasteiger partial charge on any atom is 0.500 e. The summed E-state index contributed by atoms with van der Waals surface area (Å²) in [5, 5.41) is 0. The van der Waals surface area contributed by atoms with Gasteiger partial charge in [-0.1, -0.05) is 44.8 Å². The van der Waals surface area contributed by atoms with Gasteiger partial charge in [-0.15, -0.1) is 0 Å². The third kappa shape index (κ3) is 8.86. The van der Waals surface area contributed by atoms with Gasteiger partial charge in [0, 0.05) is 27.4 Å². The molecule has 0 aromatic heterocycles. The molecule has 0 unspecified atom stereocenters. The lowest BCUT2D eigenvalue weighted by Gasteiger charge is -2.24. The number of unbranched alkanes of at least 4 members (excludes halogenated alkanes) is 4. The van der Waals surface area contributed by atoms with Gasteiger partial charge in [-0.25, -0.2) is 0 Å². The summed E-state index contributed by atoms with van der Waals surface area (Å²) in [6, 6.07) is 0.840. The molecular weight excluding hydrogens is 276 g/mol. The van der Waals surface area contributed by atoms with Crippen molar-refractivity contribution in [3.05, 3.63) is 0 Å². The van der Waals surface area contributed by atoms with Crippen LogP contribution in [0.1, 0.15) is 58.3 Å². The van der Waals surface area contributed by atoms with Crippen LogP contribution in [0.5, 0.6) is 0 Å². The van der Waals surface area contributed by atoms with E-state index in [1.807, 2.05) is 0 Å². The number of hydrogen-bond donors (Lipinski definition) is 0. The van der Waals surface area contributed by atoms with Gasteiger partial charge in [-0.05, 0) is 30.5 Å². The van der Waals surface area contributed by atoms with Crippen LogP contribution < -0.4 is 0 Å². The molecular formula is C14H30O3SSi. The molecule has 0 atom stereocenters. The molecule has 0 saturated carbocycles. The molecule has 0 N–H and O–H groups in total. The Hall–Kier alpha value is 0.187. The van der Waals surface area contributed by atoms with Gasteiger partial charge >= 0.3 is 8.80 Å². The van der Waals surface area contributed by atoms with Crippen molar-refractivity contribution in [2.75, 3.05) is 21.3 Å². The number of rotatable bonds is 13. The first-order valence-electron chi connectivity index (χ1n) is 7.31. The maximum atomic E-state index is 5.42. The van der Waals surface area contributed by atoms with E-state index in [0.29, 0.717) is 0 Å². The van der Waals surface area contributed by atoms with Crippen LogP contribution in [0.15, 0.2) is 0 Å². The van der Waals surface area contributed by atoms with Crippen molar-refractivity contribution in [2.45, 2.75) is 64.3 Å². The van der Waals surface area contributed by atoms with Crippen LogP contribution in [-0.2, 0) is 13.3 Å². The third-order valence-electron chi connectivity index (χ3n) is 3.43. The molecule has 0 aromatic carbocycles. The van der Waals surface area contributed by atoms with Gasteiger partial charge < -0.3 is 13.3 Å². The van der Waals surface area contributed by atoms with Crippen molar-refractivity contribution < 1.29 is 13.3 Å². The second-order valence-electron chi connectivity index (χ2n) is 4.85. The largest absolute Gasteiger partial charge is 0.500 e. The van der Waals surface area contributed by atoms with E-state index < -0.39 is 8.80 Å². The maximum absolute atomic E-state index is 5.42. The predicted octanol–water partition coefficient (Wildman–Crippen LogP) is 4.38. The van der Waals surface area contributed by atoms with E-state index in [4.69, 9.17) is 25.5 Å². The summed E-state index contributed by atoms with van der Waals surface area (Å²) in [4.78, 5) is 1.18. The van der Waals surface area contributed by atoms with Crippen LogP contribution in [0.25, 0.3) is 0 Å². The van der Waals surface area contributed by atoms with Crippen LogP contribution in [0.3, 0.4) is 0 Å². The van der Waals surface area contributed by atoms with Crippen molar-refractivity contribution in [1.29, 1.82) is 0 Å². The molecule has 0 aliphatic rings. The van der Waals surface area contributed by atoms with Gasteiger partial charge in [-0.3, -0.25) is 0 Å². The summed E-state index contributed by atoms with van der Waals surface area (Å²) in [7, 11) is 2.58. The second kappa shape index (κ2) is 12.0. The summed E-state index contributed by atoms with van der Waals surface area (Å²) >= 11 is 5.42. The minimum absolute atomic E-state index is 0.840. The molecule has 0 aromatic rings. The highest BCUT2D eigenvalue weighted by Gasteiger charge is 2.36. The average Bonchev–Trinajstić information content (AvgIpc) is 2.44. The van der Waals surface area contributed by atoms with Gasteiger partial charge in [0.15, 0.2) is 0 Å². The minimum atomic E-state index is -2.39. The molecule has 0 amide bonds. The van der Waals surface area contributed by atoms with Crippen molar-refractivity contribution in [3.63, 3.8) is 0 Å². The normalized spacial score (nSPS) is 11.8. The Labute approximate surface area is 125 Å².